The summed E-state index contributed by atoms with van der Waals surface area (Å²) in [5.74, 6) is 0. The number of halogens is 2. The summed E-state index contributed by atoms with van der Waals surface area (Å²) in [6.07, 6.45) is 0. The summed E-state index contributed by atoms with van der Waals surface area (Å²) in [5, 5.41) is 12.4. The standard InChI is InChI=1S/C14H10Br2N2/c1-9-5-6-10(7-13(9)16)18-14-4-2-3-12(15)11(14)8-17/h2-7,18H,1H3. The van der Waals surface area contributed by atoms with Crippen LogP contribution in [0.2, 0.25) is 0 Å². The van der Waals surface area contributed by atoms with Gasteiger partial charge in [-0.1, -0.05) is 28.1 Å². The molecule has 0 aliphatic rings. The third-order valence-electron chi connectivity index (χ3n) is 2.58. The molecule has 2 aromatic rings. The molecule has 90 valence electrons. The van der Waals surface area contributed by atoms with E-state index in [1.165, 1.54) is 5.56 Å². The van der Waals surface area contributed by atoms with Gasteiger partial charge in [-0.2, -0.15) is 5.26 Å². The van der Waals surface area contributed by atoms with Gasteiger partial charge in [-0.15, -0.1) is 0 Å². The first-order valence-corrected chi connectivity index (χ1v) is 6.92. The maximum Gasteiger partial charge on any atom is 0.103 e. The topological polar surface area (TPSA) is 35.8 Å². The lowest BCUT2D eigenvalue weighted by Crippen LogP contribution is -1.94. The second-order valence-corrected chi connectivity index (χ2v) is 5.57. The Labute approximate surface area is 123 Å². The molecule has 0 heterocycles. The normalized spacial score (nSPS) is 9.89. The van der Waals surface area contributed by atoms with E-state index < -0.39 is 0 Å². The van der Waals surface area contributed by atoms with Crippen LogP contribution in [0.25, 0.3) is 0 Å². The molecule has 0 aromatic heterocycles. The SMILES string of the molecule is Cc1ccc(Nc2cccc(Br)c2C#N)cc1Br. The van der Waals surface area contributed by atoms with E-state index in [0.29, 0.717) is 5.56 Å². The van der Waals surface area contributed by atoms with Gasteiger partial charge in [-0.05, 0) is 52.7 Å². The van der Waals surface area contributed by atoms with Crippen LogP contribution in [-0.2, 0) is 0 Å². The van der Waals surface area contributed by atoms with Crippen LogP contribution in [-0.4, -0.2) is 0 Å². The van der Waals surface area contributed by atoms with Crippen molar-refractivity contribution >= 4 is 43.2 Å². The summed E-state index contributed by atoms with van der Waals surface area (Å²) in [4.78, 5) is 0. The fraction of sp³-hybridized carbons (Fsp3) is 0.0714. The van der Waals surface area contributed by atoms with E-state index in [1.54, 1.807) is 0 Å². The molecule has 0 radical (unpaired) electrons. The van der Waals surface area contributed by atoms with Crippen LogP contribution < -0.4 is 5.32 Å². The number of nitrogens with one attached hydrogen (secondary N) is 1. The number of hydrogen-bond acceptors (Lipinski definition) is 2. The van der Waals surface area contributed by atoms with Crippen LogP contribution in [0.5, 0.6) is 0 Å². The van der Waals surface area contributed by atoms with Gasteiger partial charge in [0.15, 0.2) is 0 Å². The van der Waals surface area contributed by atoms with Crippen molar-refractivity contribution < 1.29 is 0 Å². The van der Waals surface area contributed by atoms with E-state index in [2.05, 4.69) is 43.2 Å². The first-order valence-electron chi connectivity index (χ1n) is 5.33. The summed E-state index contributed by atoms with van der Waals surface area (Å²) in [7, 11) is 0. The minimum Gasteiger partial charge on any atom is -0.354 e. The number of hydrogen-bond donors (Lipinski definition) is 1. The molecular weight excluding hydrogens is 356 g/mol. The van der Waals surface area contributed by atoms with Gasteiger partial charge in [-0.3, -0.25) is 0 Å². The molecule has 0 aliphatic carbocycles. The first-order chi connectivity index (χ1) is 8.61. The van der Waals surface area contributed by atoms with E-state index in [-0.39, 0.29) is 0 Å². The highest BCUT2D eigenvalue weighted by Gasteiger charge is 2.06. The van der Waals surface area contributed by atoms with Crippen molar-refractivity contribution in [2.45, 2.75) is 6.92 Å². The van der Waals surface area contributed by atoms with Crippen molar-refractivity contribution in [2.75, 3.05) is 5.32 Å². The maximum atomic E-state index is 9.15. The average Bonchev–Trinajstić information content (AvgIpc) is 2.34. The summed E-state index contributed by atoms with van der Waals surface area (Å²) >= 11 is 6.87. The zero-order chi connectivity index (χ0) is 13.1. The highest BCUT2D eigenvalue weighted by Crippen LogP contribution is 2.28. The van der Waals surface area contributed by atoms with Crippen molar-refractivity contribution in [2.24, 2.45) is 0 Å². The Kier molecular flexibility index (Phi) is 4.05. The van der Waals surface area contributed by atoms with Gasteiger partial charge in [0.05, 0.1) is 11.3 Å². The Morgan fingerprint density at radius 3 is 2.56 bits per heavy atom. The number of rotatable bonds is 2. The molecule has 0 saturated carbocycles. The van der Waals surface area contributed by atoms with Crippen molar-refractivity contribution in [1.82, 2.24) is 0 Å². The Bertz CT molecular complexity index is 630. The fourth-order valence-electron chi connectivity index (χ4n) is 1.57. The lowest BCUT2D eigenvalue weighted by atomic mass is 10.1. The van der Waals surface area contributed by atoms with Crippen LogP contribution in [0.1, 0.15) is 11.1 Å². The second-order valence-electron chi connectivity index (χ2n) is 3.86. The molecule has 18 heavy (non-hydrogen) atoms. The molecular formula is C14H10Br2N2. The van der Waals surface area contributed by atoms with Gasteiger partial charge in [0.2, 0.25) is 0 Å². The third-order valence-corrected chi connectivity index (χ3v) is 4.09. The summed E-state index contributed by atoms with van der Waals surface area (Å²) in [5.41, 5.74) is 3.52. The fourth-order valence-corrected chi connectivity index (χ4v) is 2.40. The number of anilines is 2. The van der Waals surface area contributed by atoms with Gasteiger partial charge in [0.25, 0.3) is 0 Å². The van der Waals surface area contributed by atoms with E-state index in [9.17, 15) is 0 Å². The first kappa shape index (κ1) is 13.1. The zero-order valence-corrected chi connectivity index (χ0v) is 12.8. The van der Waals surface area contributed by atoms with Crippen LogP contribution >= 0.6 is 31.9 Å². The number of nitriles is 1. The van der Waals surface area contributed by atoms with Gasteiger partial charge >= 0.3 is 0 Å². The van der Waals surface area contributed by atoms with Gasteiger partial charge in [-0.25, -0.2) is 0 Å². The molecule has 0 spiro atoms. The highest BCUT2D eigenvalue weighted by molar-refractivity contribution is 9.10. The molecule has 0 atom stereocenters. The third kappa shape index (κ3) is 2.74. The molecule has 0 bridgehead atoms. The van der Waals surface area contributed by atoms with Crippen LogP contribution in [0.4, 0.5) is 11.4 Å². The number of benzene rings is 2. The molecule has 2 nitrogen and oxygen atoms in total. The summed E-state index contributed by atoms with van der Waals surface area (Å²) < 4.78 is 1.84. The van der Waals surface area contributed by atoms with Crippen molar-refractivity contribution in [3.63, 3.8) is 0 Å². The van der Waals surface area contributed by atoms with Crippen molar-refractivity contribution in [3.05, 3.63) is 56.5 Å². The minimum atomic E-state index is 0.606. The Balaban J connectivity index is 2.37. The molecule has 0 aliphatic heterocycles. The highest BCUT2D eigenvalue weighted by atomic mass is 79.9. The van der Waals surface area contributed by atoms with Crippen molar-refractivity contribution in [3.8, 4) is 6.07 Å². The molecule has 2 aromatic carbocycles. The quantitative estimate of drug-likeness (QED) is 0.800. The summed E-state index contributed by atoms with van der Waals surface area (Å²) in [6, 6.07) is 13.8. The predicted octanol–water partition coefficient (Wildman–Crippen LogP) is 5.14. The van der Waals surface area contributed by atoms with Crippen LogP contribution in [0.3, 0.4) is 0 Å². The van der Waals surface area contributed by atoms with E-state index in [1.807, 2.05) is 43.3 Å². The monoisotopic (exact) mass is 364 g/mol. The smallest absolute Gasteiger partial charge is 0.103 e. The predicted molar refractivity (Wildman–Crippen MR) is 81.0 cm³/mol. The Morgan fingerprint density at radius 1 is 1.11 bits per heavy atom. The molecule has 0 unspecified atom stereocenters. The number of aryl methyl sites for hydroxylation is 1. The zero-order valence-electron chi connectivity index (χ0n) is 9.67. The van der Waals surface area contributed by atoms with Crippen LogP contribution in [0, 0.1) is 18.3 Å². The average molecular weight is 366 g/mol. The molecule has 4 heteroatoms. The minimum absolute atomic E-state index is 0.606. The molecule has 0 saturated heterocycles. The number of nitrogens with zero attached hydrogens (tertiary/aromatic N) is 1. The molecule has 0 fully saturated rings. The maximum absolute atomic E-state index is 9.15. The largest absolute Gasteiger partial charge is 0.354 e. The lowest BCUT2D eigenvalue weighted by Gasteiger charge is -2.10. The van der Waals surface area contributed by atoms with Crippen molar-refractivity contribution in [1.29, 1.82) is 5.26 Å². The Morgan fingerprint density at radius 2 is 1.89 bits per heavy atom. The van der Waals surface area contributed by atoms with E-state index >= 15 is 0 Å². The lowest BCUT2D eigenvalue weighted by molar-refractivity contribution is 1.40. The summed E-state index contributed by atoms with van der Waals surface area (Å²) in [6.45, 7) is 2.04. The van der Waals surface area contributed by atoms with Crippen LogP contribution in [0.15, 0.2) is 45.3 Å². The van der Waals surface area contributed by atoms with Gasteiger partial charge in [0.1, 0.15) is 6.07 Å². The molecule has 2 rings (SSSR count). The van der Waals surface area contributed by atoms with Gasteiger partial charge < -0.3 is 5.32 Å². The molecule has 0 amide bonds. The van der Waals surface area contributed by atoms with E-state index in [4.69, 9.17) is 5.26 Å². The Hall–Kier alpha value is -1.31. The van der Waals surface area contributed by atoms with E-state index in [0.717, 1.165) is 20.3 Å². The van der Waals surface area contributed by atoms with Gasteiger partial charge in [0, 0.05) is 14.6 Å². The molecule has 1 N–H and O–H groups in total. The second kappa shape index (κ2) is 5.55.